The molecule has 0 unspecified atom stereocenters. The van der Waals surface area contributed by atoms with Crippen molar-refractivity contribution in [2.45, 2.75) is 90.2 Å². The topological polar surface area (TPSA) is 115 Å². The Kier molecular flexibility index (Phi) is 15.9. The first-order valence-corrected chi connectivity index (χ1v) is 13.1. The van der Waals surface area contributed by atoms with E-state index in [2.05, 4.69) is 23.4 Å². The van der Waals surface area contributed by atoms with E-state index in [0.29, 0.717) is 38.5 Å². The van der Waals surface area contributed by atoms with Crippen LogP contribution in [0.1, 0.15) is 70.4 Å². The number of hydrogen-bond acceptors (Lipinski definition) is 8. The lowest BCUT2D eigenvalue weighted by Gasteiger charge is -2.18. The molecule has 0 saturated heterocycles. The second-order valence-electron chi connectivity index (χ2n) is 9.88. The van der Waals surface area contributed by atoms with E-state index in [1.165, 1.54) is 6.92 Å². The maximum absolute atomic E-state index is 11.9. The first kappa shape index (κ1) is 33.4. The molecule has 0 amide bonds. The number of aliphatic hydroxyl groups is 1. The van der Waals surface area contributed by atoms with E-state index in [9.17, 15) is 19.5 Å². The van der Waals surface area contributed by atoms with Crippen LogP contribution in [-0.4, -0.2) is 53.9 Å². The number of carbonyl (C=O) groups is 3. The van der Waals surface area contributed by atoms with Crippen LogP contribution >= 0.6 is 0 Å². The van der Waals surface area contributed by atoms with E-state index in [1.807, 2.05) is 60.7 Å². The van der Waals surface area contributed by atoms with E-state index in [-0.39, 0.29) is 30.9 Å². The number of hydrogen-bond donors (Lipinski definition) is 1. The molecule has 0 saturated carbocycles. The van der Waals surface area contributed by atoms with Gasteiger partial charge in [0, 0.05) is 6.42 Å². The zero-order valence-corrected chi connectivity index (χ0v) is 23.4. The molecule has 0 aliphatic rings. The van der Waals surface area contributed by atoms with Crippen molar-refractivity contribution < 1.29 is 29.0 Å². The average molecular weight is 539 g/mol. The predicted octanol–water partition coefficient (Wildman–Crippen LogP) is 5.30. The Morgan fingerprint density at radius 3 is 1.56 bits per heavy atom. The number of esters is 2. The molecule has 0 spiro atoms. The number of aliphatic imine (C=N–C) groups is 2. The molecular formula is C31H42N2O6. The summed E-state index contributed by atoms with van der Waals surface area (Å²) in [4.78, 5) is 42.1. The molecule has 0 aromatic heterocycles. The summed E-state index contributed by atoms with van der Waals surface area (Å²) in [5.41, 5.74) is 1.15. The highest BCUT2D eigenvalue weighted by Crippen LogP contribution is 2.15. The van der Waals surface area contributed by atoms with Gasteiger partial charge in [-0.15, -0.1) is 0 Å². The Morgan fingerprint density at radius 2 is 1.21 bits per heavy atom. The van der Waals surface area contributed by atoms with Gasteiger partial charge in [0.05, 0.1) is 5.60 Å². The number of Topliss-reactive ketones (excluding diaryl/α,β-unsaturated/α-hetero) is 1. The van der Waals surface area contributed by atoms with Crippen molar-refractivity contribution in [3.05, 3.63) is 71.8 Å². The third kappa shape index (κ3) is 16.0. The van der Waals surface area contributed by atoms with Gasteiger partial charge >= 0.3 is 11.9 Å². The van der Waals surface area contributed by atoms with Gasteiger partial charge in [-0.3, -0.25) is 9.98 Å². The van der Waals surface area contributed by atoms with Gasteiger partial charge in [0.1, 0.15) is 31.1 Å². The van der Waals surface area contributed by atoms with Crippen LogP contribution in [0.5, 0.6) is 0 Å². The fraction of sp³-hybridized carbons (Fsp3) is 0.452. The summed E-state index contributed by atoms with van der Waals surface area (Å²) in [6, 6.07) is 17.8. The predicted molar refractivity (Wildman–Crippen MR) is 154 cm³/mol. The number of rotatable bonds is 16. The van der Waals surface area contributed by atoms with Crippen LogP contribution in [0, 0.1) is 0 Å². The van der Waals surface area contributed by atoms with E-state index < -0.39 is 17.7 Å². The van der Waals surface area contributed by atoms with Gasteiger partial charge in [-0.05, 0) is 77.4 Å². The minimum atomic E-state index is -0.723. The van der Waals surface area contributed by atoms with Gasteiger partial charge < -0.3 is 19.4 Å². The Morgan fingerprint density at radius 1 is 0.795 bits per heavy atom. The molecule has 0 bridgehead atoms. The highest BCUT2D eigenvalue weighted by molar-refractivity contribution is 5.77. The highest BCUT2D eigenvalue weighted by Gasteiger charge is 2.20. The van der Waals surface area contributed by atoms with Crippen LogP contribution in [0.4, 0.5) is 0 Å². The Balaban J connectivity index is 0.000000391. The Bertz CT molecular complexity index is 1020. The summed E-state index contributed by atoms with van der Waals surface area (Å²) in [5.74, 6) is -0.637. The van der Waals surface area contributed by atoms with Gasteiger partial charge in [-0.2, -0.15) is 0 Å². The summed E-state index contributed by atoms with van der Waals surface area (Å²) in [6.07, 6.45) is 3.44. The summed E-state index contributed by atoms with van der Waals surface area (Å²) >= 11 is 0. The normalized spacial score (nSPS) is 12.2. The van der Waals surface area contributed by atoms with Crippen molar-refractivity contribution in [1.82, 2.24) is 0 Å². The second kappa shape index (κ2) is 18.6. The fourth-order valence-corrected chi connectivity index (χ4v) is 3.49. The third-order valence-corrected chi connectivity index (χ3v) is 5.71. The molecule has 0 heterocycles. The zero-order valence-electron chi connectivity index (χ0n) is 23.4. The lowest BCUT2D eigenvalue weighted by atomic mass is 9.99. The van der Waals surface area contributed by atoms with Gasteiger partial charge in [-0.25, -0.2) is 9.59 Å². The largest absolute Gasteiger partial charge is 0.459 e. The molecule has 0 aliphatic carbocycles. The number of ketones is 1. The molecule has 8 nitrogen and oxygen atoms in total. The quantitative estimate of drug-likeness (QED) is 0.229. The number of nitrogens with zero attached hydrogens (tertiary/aromatic N) is 2. The van der Waals surface area contributed by atoms with Crippen molar-refractivity contribution >= 4 is 31.2 Å². The van der Waals surface area contributed by atoms with Crippen molar-refractivity contribution in [3.8, 4) is 0 Å². The molecule has 212 valence electrons. The minimum absolute atomic E-state index is 0.112. The van der Waals surface area contributed by atoms with Gasteiger partial charge in [-0.1, -0.05) is 60.7 Å². The van der Waals surface area contributed by atoms with Crippen LogP contribution in [0.3, 0.4) is 0 Å². The first-order valence-electron chi connectivity index (χ1n) is 13.1. The molecule has 2 aromatic rings. The molecule has 0 aliphatic heterocycles. The standard InChI is InChI=1S/C16H23NO3.C15H19NO3/c1-16(2,19)11-7-10-14(17-3)15(18)20-12-13-8-5-4-6-9-13;1-12(17)7-6-10-14(16-2)15(18)19-11-13-8-4-3-5-9-13/h4-6,8-9,14,19H,3,7,10-12H2,1-2H3;3-5,8-9,14H,2,6-7,10-11H2,1H3/t2*14-/m11/s1. The monoisotopic (exact) mass is 538 g/mol. The van der Waals surface area contributed by atoms with Crippen molar-refractivity contribution in [1.29, 1.82) is 0 Å². The zero-order chi connectivity index (χ0) is 29.1. The van der Waals surface area contributed by atoms with Crippen molar-refractivity contribution in [3.63, 3.8) is 0 Å². The lowest BCUT2D eigenvalue weighted by Crippen LogP contribution is -2.23. The smallest absolute Gasteiger partial charge is 0.331 e. The summed E-state index contributed by atoms with van der Waals surface area (Å²) in [7, 11) is 0. The molecular weight excluding hydrogens is 496 g/mol. The van der Waals surface area contributed by atoms with Crippen LogP contribution in [0.15, 0.2) is 70.6 Å². The maximum Gasteiger partial charge on any atom is 0.331 e. The highest BCUT2D eigenvalue weighted by atomic mass is 16.5. The van der Waals surface area contributed by atoms with Gasteiger partial charge in [0.25, 0.3) is 0 Å². The van der Waals surface area contributed by atoms with E-state index >= 15 is 0 Å². The summed E-state index contributed by atoms with van der Waals surface area (Å²) in [6.45, 7) is 12.3. The Hall–Kier alpha value is -3.65. The van der Waals surface area contributed by atoms with Crippen LogP contribution < -0.4 is 0 Å². The van der Waals surface area contributed by atoms with Crippen molar-refractivity contribution in [2.75, 3.05) is 0 Å². The number of carbonyl (C=O) groups excluding carboxylic acids is 3. The summed E-state index contributed by atoms with van der Waals surface area (Å²) in [5, 5.41) is 9.63. The third-order valence-electron chi connectivity index (χ3n) is 5.71. The second-order valence-corrected chi connectivity index (χ2v) is 9.88. The van der Waals surface area contributed by atoms with E-state index in [4.69, 9.17) is 9.47 Å². The van der Waals surface area contributed by atoms with Crippen LogP contribution in [0.2, 0.25) is 0 Å². The molecule has 0 radical (unpaired) electrons. The number of ether oxygens (including phenoxy) is 2. The van der Waals surface area contributed by atoms with Crippen molar-refractivity contribution in [2.24, 2.45) is 9.98 Å². The van der Waals surface area contributed by atoms with Crippen LogP contribution in [0.25, 0.3) is 0 Å². The first-order chi connectivity index (χ1) is 18.6. The molecule has 8 heteroatoms. The molecule has 1 N–H and O–H groups in total. The number of benzene rings is 2. The Labute approximate surface area is 232 Å². The molecule has 2 aromatic carbocycles. The van der Waals surface area contributed by atoms with Crippen LogP contribution in [-0.2, 0) is 37.1 Å². The minimum Gasteiger partial charge on any atom is -0.459 e. The fourth-order valence-electron chi connectivity index (χ4n) is 3.49. The lowest BCUT2D eigenvalue weighted by molar-refractivity contribution is -0.147. The molecule has 39 heavy (non-hydrogen) atoms. The maximum atomic E-state index is 11.9. The van der Waals surface area contributed by atoms with Gasteiger partial charge in [0.15, 0.2) is 0 Å². The van der Waals surface area contributed by atoms with E-state index in [1.54, 1.807) is 13.8 Å². The molecule has 0 fully saturated rings. The average Bonchev–Trinajstić information content (AvgIpc) is 2.91. The van der Waals surface area contributed by atoms with E-state index in [0.717, 1.165) is 11.1 Å². The molecule has 2 rings (SSSR count). The molecule has 2 atom stereocenters. The SMILES string of the molecule is C=N[C@H](CCCC(C)(C)O)C(=O)OCc1ccccc1.C=N[C@H](CCCC(C)=O)C(=O)OCc1ccccc1. The summed E-state index contributed by atoms with van der Waals surface area (Å²) < 4.78 is 10.4. The van der Waals surface area contributed by atoms with Gasteiger partial charge in [0.2, 0.25) is 0 Å².